The Morgan fingerprint density at radius 2 is 1.74 bits per heavy atom. The average Bonchev–Trinajstić information content (AvgIpc) is 3.02. The van der Waals surface area contributed by atoms with Gasteiger partial charge in [-0.1, -0.05) is 60.7 Å². The van der Waals surface area contributed by atoms with E-state index < -0.39 is 0 Å². The van der Waals surface area contributed by atoms with Crippen LogP contribution in [-0.4, -0.2) is 15.7 Å². The largest absolute Gasteiger partial charge is 0.320 e. The van der Waals surface area contributed by atoms with Crippen LogP contribution in [0, 0.1) is 0 Å². The number of carbonyl (C=O) groups is 1. The van der Waals surface area contributed by atoms with Gasteiger partial charge in [-0.2, -0.15) is 5.10 Å². The summed E-state index contributed by atoms with van der Waals surface area (Å²) in [4.78, 5) is 11.9. The number of hydrogen-bond acceptors (Lipinski definition) is 2. The molecule has 0 saturated carbocycles. The summed E-state index contributed by atoms with van der Waals surface area (Å²) in [7, 11) is 0. The molecule has 0 bridgehead atoms. The number of benzene rings is 2. The molecule has 1 amide bonds. The van der Waals surface area contributed by atoms with Gasteiger partial charge in [0.25, 0.3) is 0 Å². The normalized spacial score (nSPS) is 10.8. The Morgan fingerprint density at radius 1 is 1.04 bits per heavy atom. The number of nitrogens with zero attached hydrogens (tertiary/aromatic N) is 2. The highest BCUT2D eigenvalue weighted by Gasteiger charge is 2.02. The molecule has 3 rings (SSSR count). The van der Waals surface area contributed by atoms with E-state index in [0.29, 0.717) is 12.2 Å². The second kappa shape index (κ2) is 7.22. The molecule has 0 spiro atoms. The molecule has 23 heavy (non-hydrogen) atoms. The van der Waals surface area contributed by atoms with Crippen molar-refractivity contribution in [2.75, 3.05) is 5.32 Å². The molecule has 4 nitrogen and oxygen atoms in total. The molecular weight excluding hydrogens is 286 g/mol. The monoisotopic (exact) mass is 303 g/mol. The van der Waals surface area contributed by atoms with E-state index in [2.05, 4.69) is 10.4 Å². The number of carbonyl (C=O) groups excluding carboxylic acids is 1. The van der Waals surface area contributed by atoms with Crippen LogP contribution in [0.25, 0.3) is 6.08 Å². The molecule has 1 heterocycles. The summed E-state index contributed by atoms with van der Waals surface area (Å²) in [6, 6.07) is 19.8. The van der Waals surface area contributed by atoms with E-state index in [1.54, 1.807) is 17.0 Å². The summed E-state index contributed by atoms with van der Waals surface area (Å²) in [6.07, 6.45) is 6.77. The molecule has 0 aliphatic carbocycles. The van der Waals surface area contributed by atoms with E-state index >= 15 is 0 Å². The average molecular weight is 303 g/mol. The van der Waals surface area contributed by atoms with E-state index in [-0.39, 0.29) is 5.91 Å². The van der Waals surface area contributed by atoms with Crippen LogP contribution in [0.3, 0.4) is 0 Å². The standard InChI is InChI=1S/C19H17N3O/c23-19(12-11-16-7-3-1-4-8-16)21-18-13-20-22(15-18)14-17-9-5-2-6-10-17/h1-13,15H,14H2,(H,21,23). The maximum atomic E-state index is 11.9. The molecule has 1 N–H and O–H groups in total. The van der Waals surface area contributed by atoms with Crippen molar-refractivity contribution < 1.29 is 4.79 Å². The van der Waals surface area contributed by atoms with Crippen molar-refractivity contribution >= 4 is 17.7 Å². The van der Waals surface area contributed by atoms with Crippen molar-refractivity contribution in [1.82, 2.24) is 9.78 Å². The summed E-state index contributed by atoms with van der Waals surface area (Å²) in [5, 5.41) is 7.07. The summed E-state index contributed by atoms with van der Waals surface area (Å²) in [5.41, 5.74) is 2.84. The molecule has 2 aromatic carbocycles. The van der Waals surface area contributed by atoms with Crippen molar-refractivity contribution in [3.05, 3.63) is 90.3 Å². The molecule has 1 aromatic heterocycles. The van der Waals surface area contributed by atoms with Gasteiger partial charge in [0.05, 0.1) is 18.4 Å². The van der Waals surface area contributed by atoms with Gasteiger partial charge in [0.15, 0.2) is 0 Å². The van der Waals surface area contributed by atoms with Crippen molar-refractivity contribution in [3.8, 4) is 0 Å². The second-order valence-electron chi connectivity index (χ2n) is 5.15. The molecular formula is C19H17N3O. The van der Waals surface area contributed by atoms with Crippen LogP contribution in [0.4, 0.5) is 5.69 Å². The molecule has 0 fully saturated rings. The fraction of sp³-hybridized carbons (Fsp3) is 0.0526. The topological polar surface area (TPSA) is 46.9 Å². The van der Waals surface area contributed by atoms with Gasteiger partial charge >= 0.3 is 0 Å². The van der Waals surface area contributed by atoms with Gasteiger partial charge in [-0.25, -0.2) is 0 Å². The van der Waals surface area contributed by atoms with Crippen LogP contribution in [0.1, 0.15) is 11.1 Å². The van der Waals surface area contributed by atoms with Crippen LogP contribution in [0.2, 0.25) is 0 Å². The van der Waals surface area contributed by atoms with E-state index in [4.69, 9.17) is 0 Å². The zero-order valence-corrected chi connectivity index (χ0v) is 12.6. The van der Waals surface area contributed by atoms with Crippen molar-refractivity contribution in [3.63, 3.8) is 0 Å². The summed E-state index contributed by atoms with van der Waals surface area (Å²) < 4.78 is 1.80. The third-order valence-electron chi connectivity index (χ3n) is 3.31. The first-order chi connectivity index (χ1) is 11.3. The maximum Gasteiger partial charge on any atom is 0.248 e. The second-order valence-corrected chi connectivity index (χ2v) is 5.15. The minimum Gasteiger partial charge on any atom is -0.320 e. The Hall–Kier alpha value is -3.14. The van der Waals surface area contributed by atoms with Gasteiger partial charge in [-0.05, 0) is 17.2 Å². The first-order valence-corrected chi connectivity index (χ1v) is 7.40. The molecule has 0 unspecified atom stereocenters. The number of aromatic nitrogens is 2. The van der Waals surface area contributed by atoms with Gasteiger partial charge in [-0.15, -0.1) is 0 Å². The summed E-state index contributed by atoms with van der Waals surface area (Å²) >= 11 is 0. The smallest absolute Gasteiger partial charge is 0.248 e. The molecule has 0 saturated heterocycles. The van der Waals surface area contributed by atoms with E-state index in [9.17, 15) is 4.79 Å². The van der Waals surface area contributed by atoms with Gasteiger partial charge in [0.2, 0.25) is 5.91 Å². The van der Waals surface area contributed by atoms with Crippen LogP contribution >= 0.6 is 0 Å². The van der Waals surface area contributed by atoms with E-state index in [1.807, 2.05) is 66.9 Å². The highest BCUT2D eigenvalue weighted by molar-refractivity contribution is 6.01. The molecule has 0 atom stereocenters. The van der Waals surface area contributed by atoms with Crippen LogP contribution in [-0.2, 0) is 11.3 Å². The number of anilines is 1. The quantitative estimate of drug-likeness (QED) is 0.732. The molecule has 114 valence electrons. The zero-order chi connectivity index (χ0) is 15.9. The van der Waals surface area contributed by atoms with Gasteiger partial charge in [0.1, 0.15) is 0 Å². The van der Waals surface area contributed by atoms with E-state index in [1.165, 1.54) is 6.08 Å². The minimum atomic E-state index is -0.173. The van der Waals surface area contributed by atoms with Crippen molar-refractivity contribution in [1.29, 1.82) is 0 Å². The SMILES string of the molecule is O=C(C=Cc1ccccc1)Nc1cnn(Cc2ccccc2)c1. The van der Waals surface area contributed by atoms with Gasteiger partial charge < -0.3 is 5.32 Å². The lowest BCUT2D eigenvalue weighted by Crippen LogP contribution is -2.07. The Bertz CT molecular complexity index is 792. The predicted octanol–water partition coefficient (Wildman–Crippen LogP) is 3.58. The Balaban J connectivity index is 1.58. The first-order valence-electron chi connectivity index (χ1n) is 7.40. The molecule has 0 aliphatic heterocycles. The van der Waals surface area contributed by atoms with E-state index in [0.717, 1.165) is 11.1 Å². The molecule has 0 aliphatic rings. The third-order valence-corrected chi connectivity index (χ3v) is 3.31. The fourth-order valence-electron chi connectivity index (χ4n) is 2.21. The number of rotatable bonds is 5. The van der Waals surface area contributed by atoms with Crippen LogP contribution in [0.15, 0.2) is 79.1 Å². The lowest BCUT2D eigenvalue weighted by Gasteiger charge is -2.01. The molecule has 3 aromatic rings. The van der Waals surface area contributed by atoms with Gasteiger partial charge in [-0.3, -0.25) is 9.48 Å². The minimum absolute atomic E-state index is 0.173. The van der Waals surface area contributed by atoms with Crippen molar-refractivity contribution in [2.24, 2.45) is 0 Å². The predicted molar refractivity (Wildman–Crippen MR) is 91.9 cm³/mol. The number of hydrogen-bond donors (Lipinski definition) is 1. The third kappa shape index (κ3) is 4.41. The Kier molecular flexibility index (Phi) is 4.64. The van der Waals surface area contributed by atoms with Gasteiger partial charge in [0, 0.05) is 12.3 Å². The molecule has 4 heteroatoms. The Morgan fingerprint density at radius 3 is 2.48 bits per heavy atom. The van der Waals surface area contributed by atoms with Crippen molar-refractivity contribution in [2.45, 2.75) is 6.54 Å². The lowest BCUT2D eigenvalue weighted by molar-refractivity contribution is -0.111. The number of nitrogens with one attached hydrogen (secondary N) is 1. The summed E-state index contributed by atoms with van der Waals surface area (Å²) in [6.45, 7) is 0.677. The van der Waals surface area contributed by atoms with Crippen LogP contribution in [0.5, 0.6) is 0 Å². The Labute approximate surface area is 135 Å². The number of amides is 1. The van der Waals surface area contributed by atoms with Crippen LogP contribution < -0.4 is 5.32 Å². The highest BCUT2D eigenvalue weighted by atomic mass is 16.1. The first kappa shape index (κ1) is 14.8. The fourth-order valence-corrected chi connectivity index (χ4v) is 2.21. The lowest BCUT2D eigenvalue weighted by atomic mass is 10.2. The zero-order valence-electron chi connectivity index (χ0n) is 12.6. The maximum absolute atomic E-state index is 11.9. The summed E-state index contributed by atoms with van der Waals surface area (Å²) in [5.74, 6) is -0.173. The molecule has 0 radical (unpaired) electrons. The highest BCUT2D eigenvalue weighted by Crippen LogP contribution is 2.08.